The highest BCUT2D eigenvalue weighted by atomic mass is 15.2. The van der Waals surface area contributed by atoms with Gasteiger partial charge in [0.15, 0.2) is 5.96 Å². The summed E-state index contributed by atoms with van der Waals surface area (Å²) in [5.74, 6) is 1.59. The van der Waals surface area contributed by atoms with E-state index >= 15 is 0 Å². The number of benzene rings is 1. The number of nitrogens with zero attached hydrogens (tertiary/aromatic N) is 3. The molecule has 0 unspecified atom stereocenters. The van der Waals surface area contributed by atoms with Crippen LogP contribution in [0.1, 0.15) is 44.7 Å². The number of aromatic nitrogens is 2. The number of imidazole rings is 1. The molecular weight excluding hydrogens is 310 g/mol. The number of rotatable bonds is 9. The molecule has 25 heavy (non-hydrogen) atoms. The van der Waals surface area contributed by atoms with Crippen LogP contribution in [0.3, 0.4) is 0 Å². The van der Waals surface area contributed by atoms with Crippen LogP contribution in [0, 0.1) is 5.92 Å². The minimum absolute atomic E-state index is 0.677. The number of nitrogens with one attached hydrogen (secondary N) is 2. The standard InChI is InChI=1S/C20H31N5/c1-4-17(5-2)13-23-20(22-6-3)24-14-18-8-7-9-19(12-18)15-25-11-10-21-16-25/h7-12,16-17H,4-6,13-15H2,1-3H3,(H2,22,23,24). The van der Waals surface area contributed by atoms with E-state index in [9.17, 15) is 0 Å². The molecule has 0 aliphatic rings. The first-order valence-corrected chi connectivity index (χ1v) is 9.30. The van der Waals surface area contributed by atoms with Crippen LogP contribution in [0.4, 0.5) is 0 Å². The summed E-state index contributed by atoms with van der Waals surface area (Å²) in [6, 6.07) is 8.59. The quantitative estimate of drug-likeness (QED) is 0.543. The molecule has 2 N–H and O–H groups in total. The fourth-order valence-corrected chi connectivity index (χ4v) is 2.75. The van der Waals surface area contributed by atoms with Crippen LogP contribution in [-0.4, -0.2) is 28.6 Å². The lowest BCUT2D eigenvalue weighted by Gasteiger charge is -2.16. The van der Waals surface area contributed by atoms with Crippen molar-refractivity contribution in [2.45, 2.75) is 46.7 Å². The molecule has 1 heterocycles. The summed E-state index contributed by atoms with van der Waals surface area (Å²) in [6.45, 7) is 9.94. The molecule has 0 saturated carbocycles. The Morgan fingerprint density at radius 3 is 2.64 bits per heavy atom. The predicted octanol–water partition coefficient (Wildman–Crippen LogP) is 3.42. The molecule has 0 atom stereocenters. The molecule has 5 nitrogen and oxygen atoms in total. The molecule has 5 heteroatoms. The van der Waals surface area contributed by atoms with Crippen molar-refractivity contribution >= 4 is 5.96 Å². The molecule has 2 aromatic rings. The molecule has 0 saturated heterocycles. The maximum atomic E-state index is 4.74. The van der Waals surface area contributed by atoms with Gasteiger partial charge >= 0.3 is 0 Å². The zero-order valence-electron chi connectivity index (χ0n) is 15.7. The topological polar surface area (TPSA) is 54.2 Å². The van der Waals surface area contributed by atoms with Crippen LogP contribution >= 0.6 is 0 Å². The average Bonchev–Trinajstić information content (AvgIpc) is 3.13. The molecule has 0 bridgehead atoms. The third-order valence-corrected chi connectivity index (χ3v) is 4.39. The van der Waals surface area contributed by atoms with Crippen molar-refractivity contribution in [1.82, 2.24) is 20.2 Å². The maximum absolute atomic E-state index is 4.74. The highest BCUT2D eigenvalue weighted by molar-refractivity contribution is 5.79. The first-order valence-electron chi connectivity index (χ1n) is 9.30. The number of hydrogen-bond donors (Lipinski definition) is 2. The summed E-state index contributed by atoms with van der Waals surface area (Å²) in [6.07, 6.45) is 8.02. The molecule has 1 aromatic heterocycles. The molecule has 136 valence electrons. The van der Waals surface area contributed by atoms with Crippen LogP contribution in [0.5, 0.6) is 0 Å². The van der Waals surface area contributed by atoms with E-state index in [1.54, 1.807) is 0 Å². The number of guanidine groups is 1. The van der Waals surface area contributed by atoms with E-state index in [0.717, 1.165) is 25.6 Å². The average molecular weight is 342 g/mol. The van der Waals surface area contributed by atoms with Gasteiger partial charge < -0.3 is 15.2 Å². The highest BCUT2D eigenvalue weighted by Gasteiger charge is 2.05. The second-order valence-corrected chi connectivity index (χ2v) is 6.31. The number of hydrogen-bond acceptors (Lipinski definition) is 2. The van der Waals surface area contributed by atoms with Gasteiger partial charge in [-0.25, -0.2) is 9.98 Å². The van der Waals surface area contributed by atoms with Crippen molar-refractivity contribution in [1.29, 1.82) is 0 Å². The van der Waals surface area contributed by atoms with Crippen molar-refractivity contribution in [2.24, 2.45) is 10.9 Å². The van der Waals surface area contributed by atoms with Gasteiger partial charge in [-0.15, -0.1) is 0 Å². The zero-order chi connectivity index (χ0) is 17.9. The van der Waals surface area contributed by atoms with E-state index in [4.69, 9.17) is 4.99 Å². The molecule has 0 radical (unpaired) electrons. The Labute approximate surface area is 151 Å². The first-order chi connectivity index (χ1) is 12.2. The Morgan fingerprint density at radius 1 is 1.16 bits per heavy atom. The SMILES string of the molecule is CCNC(=NCc1cccc(Cn2ccnc2)c1)NCC(CC)CC. The molecule has 0 aliphatic carbocycles. The van der Waals surface area contributed by atoms with Gasteiger partial charge in [-0.2, -0.15) is 0 Å². The summed E-state index contributed by atoms with van der Waals surface area (Å²) >= 11 is 0. The maximum Gasteiger partial charge on any atom is 0.191 e. The Morgan fingerprint density at radius 2 is 1.96 bits per heavy atom. The van der Waals surface area contributed by atoms with Gasteiger partial charge in [-0.05, 0) is 24.0 Å². The van der Waals surface area contributed by atoms with Gasteiger partial charge in [0.05, 0.1) is 12.9 Å². The third kappa shape index (κ3) is 6.61. The molecular formula is C20H31N5. The van der Waals surface area contributed by atoms with Crippen LogP contribution in [0.25, 0.3) is 0 Å². The van der Waals surface area contributed by atoms with E-state index in [-0.39, 0.29) is 0 Å². The Balaban J connectivity index is 1.96. The molecule has 0 fully saturated rings. The van der Waals surface area contributed by atoms with Crippen LogP contribution < -0.4 is 10.6 Å². The Kier molecular flexibility index (Phi) is 8.02. The van der Waals surface area contributed by atoms with Gasteiger partial charge in [0.25, 0.3) is 0 Å². The van der Waals surface area contributed by atoms with E-state index in [1.165, 1.54) is 24.0 Å². The fourth-order valence-electron chi connectivity index (χ4n) is 2.75. The largest absolute Gasteiger partial charge is 0.357 e. The number of aliphatic imine (C=N–C) groups is 1. The minimum Gasteiger partial charge on any atom is -0.357 e. The zero-order valence-corrected chi connectivity index (χ0v) is 15.7. The van der Waals surface area contributed by atoms with Gasteiger partial charge in [0.2, 0.25) is 0 Å². The van der Waals surface area contributed by atoms with Gasteiger partial charge in [0.1, 0.15) is 0 Å². The molecule has 0 amide bonds. The lowest BCUT2D eigenvalue weighted by atomic mass is 10.0. The normalized spacial score (nSPS) is 11.8. The first kappa shape index (κ1) is 19.0. The van der Waals surface area contributed by atoms with Crippen molar-refractivity contribution in [3.05, 3.63) is 54.1 Å². The van der Waals surface area contributed by atoms with E-state index in [1.807, 2.05) is 18.7 Å². The summed E-state index contributed by atoms with van der Waals surface area (Å²) in [7, 11) is 0. The van der Waals surface area contributed by atoms with E-state index in [0.29, 0.717) is 12.5 Å². The van der Waals surface area contributed by atoms with Crippen LogP contribution in [0.15, 0.2) is 48.0 Å². The van der Waals surface area contributed by atoms with Crippen molar-refractivity contribution < 1.29 is 0 Å². The van der Waals surface area contributed by atoms with Gasteiger partial charge in [0, 0.05) is 32.0 Å². The van der Waals surface area contributed by atoms with Crippen LogP contribution in [0.2, 0.25) is 0 Å². The van der Waals surface area contributed by atoms with Crippen molar-refractivity contribution in [3.63, 3.8) is 0 Å². The summed E-state index contributed by atoms with van der Waals surface area (Å²) in [5, 5.41) is 6.80. The van der Waals surface area contributed by atoms with Gasteiger partial charge in [-0.1, -0.05) is 51.0 Å². The molecule has 2 rings (SSSR count). The summed E-state index contributed by atoms with van der Waals surface area (Å²) in [4.78, 5) is 8.83. The van der Waals surface area contributed by atoms with Crippen molar-refractivity contribution in [2.75, 3.05) is 13.1 Å². The monoisotopic (exact) mass is 341 g/mol. The summed E-state index contributed by atoms with van der Waals surface area (Å²) < 4.78 is 2.07. The van der Waals surface area contributed by atoms with Crippen molar-refractivity contribution in [3.8, 4) is 0 Å². The second kappa shape index (κ2) is 10.5. The Hall–Kier alpha value is -2.30. The van der Waals surface area contributed by atoms with Gasteiger partial charge in [-0.3, -0.25) is 0 Å². The lowest BCUT2D eigenvalue weighted by Crippen LogP contribution is -2.39. The molecule has 0 aliphatic heterocycles. The fraction of sp³-hybridized carbons (Fsp3) is 0.500. The minimum atomic E-state index is 0.677. The molecule has 1 aromatic carbocycles. The van der Waals surface area contributed by atoms with E-state index < -0.39 is 0 Å². The predicted molar refractivity (Wildman–Crippen MR) is 105 cm³/mol. The second-order valence-electron chi connectivity index (χ2n) is 6.31. The lowest BCUT2D eigenvalue weighted by molar-refractivity contribution is 0.481. The van der Waals surface area contributed by atoms with Crippen LogP contribution in [-0.2, 0) is 13.1 Å². The summed E-state index contributed by atoms with van der Waals surface area (Å²) in [5.41, 5.74) is 2.48. The third-order valence-electron chi connectivity index (χ3n) is 4.39. The Bertz CT molecular complexity index is 629. The molecule has 0 spiro atoms. The van der Waals surface area contributed by atoms with E-state index in [2.05, 4.69) is 65.2 Å². The smallest absolute Gasteiger partial charge is 0.191 e. The highest BCUT2D eigenvalue weighted by Crippen LogP contribution is 2.09.